The Kier molecular flexibility index (Phi) is 5.38. The molecule has 0 spiro atoms. The maximum Gasteiger partial charge on any atom is 0.323 e. The molecule has 5 nitrogen and oxygen atoms in total. The molecule has 20 heavy (non-hydrogen) atoms. The number of carbonyl (C=O) groups excluding carboxylic acids is 1. The van der Waals surface area contributed by atoms with E-state index in [9.17, 15) is 9.90 Å². The summed E-state index contributed by atoms with van der Waals surface area (Å²) in [6.07, 6.45) is 1.12. The molecule has 0 amide bonds. The lowest BCUT2D eigenvalue weighted by molar-refractivity contribution is -0.146. The molecule has 0 radical (unpaired) electrons. The van der Waals surface area contributed by atoms with Crippen LogP contribution in [0.5, 0.6) is 5.75 Å². The molecule has 2 atom stereocenters. The van der Waals surface area contributed by atoms with E-state index >= 15 is 0 Å². The van der Waals surface area contributed by atoms with Crippen molar-refractivity contribution in [2.24, 2.45) is 0 Å². The van der Waals surface area contributed by atoms with E-state index in [0.29, 0.717) is 6.54 Å². The van der Waals surface area contributed by atoms with Gasteiger partial charge in [-0.3, -0.25) is 9.69 Å². The minimum absolute atomic E-state index is 0.217. The van der Waals surface area contributed by atoms with Crippen molar-refractivity contribution in [2.75, 3.05) is 26.8 Å². The number of hydrogen-bond donors (Lipinski definition) is 1. The highest BCUT2D eigenvalue weighted by atomic mass is 16.5. The predicted octanol–water partition coefficient (Wildman–Crippen LogP) is 1.06. The van der Waals surface area contributed by atoms with Gasteiger partial charge in [-0.25, -0.2) is 0 Å². The summed E-state index contributed by atoms with van der Waals surface area (Å²) >= 11 is 0. The zero-order valence-corrected chi connectivity index (χ0v) is 11.7. The summed E-state index contributed by atoms with van der Waals surface area (Å²) < 4.78 is 10.3. The molecule has 1 aromatic carbocycles. The van der Waals surface area contributed by atoms with Crippen molar-refractivity contribution in [2.45, 2.75) is 25.0 Å². The second-order valence-electron chi connectivity index (χ2n) is 4.95. The summed E-state index contributed by atoms with van der Waals surface area (Å²) in [4.78, 5) is 13.6. The van der Waals surface area contributed by atoms with Gasteiger partial charge in [-0.2, -0.15) is 0 Å². The Hall–Kier alpha value is -1.59. The standard InChI is InChI=1S/C15H21NO4/c1-19-15(18)14-8-5-9-16(14)10-12(17)11-20-13-6-3-2-4-7-13/h2-4,6-7,12,14,17H,5,8-11H2,1H3/t12-,14+/m1/s1. The average Bonchev–Trinajstić information content (AvgIpc) is 2.93. The molecule has 1 aliphatic rings. The SMILES string of the molecule is COC(=O)[C@@H]1CCCN1C[C@@H](O)COc1ccccc1. The minimum Gasteiger partial charge on any atom is -0.491 e. The maximum atomic E-state index is 11.6. The van der Waals surface area contributed by atoms with E-state index in [4.69, 9.17) is 9.47 Å². The highest BCUT2D eigenvalue weighted by Gasteiger charge is 2.32. The van der Waals surface area contributed by atoms with Crippen LogP contribution in [-0.2, 0) is 9.53 Å². The van der Waals surface area contributed by atoms with Crippen LogP contribution in [0.4, 0.5) is 0 Å². The third kappa shape index (κ3) is 3.95. The first-order valence-electron chi connectivity index (χ1n) is 6.88. The fourth-order valence-corrected chi connectivity index (χ4v) is 2.48. The molecule has 110 valence electrons. The maximum absolute atomic E-state index is 11.6. The van der Waals surface area contributed by atoms with Crippen molar-refractivity contribution in [1.82, 2.24) is 4.90 Å². The number of aliphatic hydroxyl groups excluding tert-OH is 1. The van der Waals surface area contributed by atoms with E-state index in [1.54, 1.807) is 0 Å². The minimum atomic E-state index is -0.625. The Morgan fingerprint density at radius 2 is 2.20 bits per heavy atom. The molecule has 1 aromatic rings. The highest BCUT2D eigenvalue weighted by molar-refractivity contribution is 5.75. The molecule has 0 aromatic heterocycles. The van der Waals surface area contributed by atoms with Gasteiger partial charge in [0, 0.05) is 6.54 Å². The largest absolute Gasteiger partial charge is 0.491 e. The van der Waals surface area contributed by atoms with Crippen LogP contribution in [0.25, 0.3) is 0 Å². The van der Waals surface area contributed by atoms with Crippen molar-refractivity contribution in [3.63, 3.8) is 0 Å². The topological polar surface area (TPSA) is 59.0 Å². The van der Waals surface area contributed by atoms with E-state index in [1.165, 1.54) is 7.11 Å². The quantitative estimate of drug-likeness (QED) is 0.789. The molecule has 1 saturated heterocycles. The van der Waals surface area contributed by atoms with E-state index in [2.05, 4.69) is 0 Å². The Labute approximate surface area is 119 Å². The molecule has 5 heteroatoms. The van der Waals surface area contributed by atoms with Crippen LogP contribution in [0, 0.1) is 0 Å². The Balaban J connectivity index is 1.79. The van der Waals surface area contributed by atoms with Crippen LogP contribution in [0.2, 0.25) is 0 Å². The molecule has 0 aliphatic carbocycles. The lowest BCUT2D eigenvalue weighted by Gasteiger charge is -2.24. The zero-order chi connectivity index (χ0) is 14.4. The third-order valence-corrected chi connectivity index (χ3v) is 3.47. The Morgan fingerprint density at radius 1 is 1.45 bits per heavy atom. The summed E-state index contributed by atoms with van der Waals surface area (Å²) in [6.45, 7) is 1.45. The first-order chi connectivity index (χ1) is 9.70. The number of para-hydroxylation sites is 1. The van der Waals surface area contributed by atoms with Gasteiger partial charge in [0.1, 0.15) is 24.5 Å². The number of nitrogens with zero attached hydrogens (tertiary/aromatic N) is 1. The molecule has 2 rings (SSSR count). The molecular formula is C15H21NO4. The normalized spacial score (nSPS) is 20.6. The molecule has 0 saturated carbocycles. The van der Waals surface area contributed by atoms with Gasteiger partial charge in [0.2, 0.25) is 0 Å². The van der Waals surface area contributed by atoms with Crippen molar-refractivity contribution in [3.05, 3.63) is 30.3 Å². The number of ether oxygens (including phenoxy) is 2. The Morgan fingerprint density at radius 3 is 2.90 bits per heavy atom. The number of β-amino-alcohol motifs (C(OH)–C–C–N with tert-alkyl or cyclic N) is 1. The van der Waals surface area contributed by atoms with Crippen molar-refractivity contribution in [1.29, 1.82) is 0 Å². The number of esters is 1. The van der Waals surface area contributed by atoms with Gasteiger partial charge in [-0.05, 0) is 31.5 Å². The summed E-state index contributed by atoms with van der Waals surface area (Å²) in [5.74, 6) is 0.510. The van der Waals surface area contributed by atoms with Gasteiger partial charge in [0.05, 0.1) is 7.11 Å². The molecule has 1 aliphatic heterocycles. The first-order valence-corrected chi connectivity index (χ1v) is 6.88. The average molecular weight is 279 g/mol. The summed E-state index contributed by atoms with van der Waals surface area (Å²) in [6, 6.07) is 9.14. The summed E-state index contributed by atoms with van der Waals surface area (Å²) in [5, 5.41) is 10.0. The van der Waals surface area contributed by atoms with Crippen LogP contribution in [0.15, 0.2) is 30.3 Å². The van der Waals surface area contributed by atoms with Crippen LogP contribution >= 0.6 is 0 Å². The van der Waals surface area contributed by atoms with Gasteiger partial charge in [0.25, 0.3) is 0 Å². The predicted molar refractivity (Wildman–Crippen MR) is 74.6 cm³/mol. The molecule has 1 heterocycles. The number of hydrogen-bond acceptors (Lipinski definition) is 5. The fraction of sp³-hybridized carbons (Fsp3) is 0.533. The van der Waals surface area contributed by atoms with Crippen LogP contribution in [-0.4, -0.2) is 54.9 Å². The second-order valence-corrected chi connectivity index (χ2v) is 4.95. The van der Waals surface area contributed by atoms with Crippen molar-refractivity contribution < 1.29 is 19.4 Å². The van der Waals surface area contributed by atoms with Gasteiger partial charge >= 0.3 is 5.97 Å². The lowest BCUT2D eigenvalue weighted by atomic mass is 10.2. The van der Waals surface area contributed by atoms with Crippen molar-refractivity contribution in [3.8, 4) is 5.75 Å². The number of rotatable bonds is 6. The van der Waals surface area contributed by atoms with Gasteiger partial charge in [-0.1, -0.05) is 18.2 Å². The molecule has 0 bridgehead atoms. The van der Waals surface area contributed by atoms with Gasteiger partial charge in [-0.15, -0.1) is 0 Å². The third-order valence-electron chi connectivity index (χ3n) is 3.47. The number of likely N-dealkylation sites (tertiary alicyclic amines) is 1. The summed E-state index contributed by atoms with van der Waals surface area (Å²) in [5.41, 5.74) is 0. The van der Waals surface area contributed by atoms with Crippen LogP contribution in [0.3, 0.4) is 0 Å². The molecular weight excluding hydrogens is 258 g/mol. The molecule has 1 fully saturated rings. The first kappa shape index (κ1) is 14.8. The number of carbonyl (C=O) groups is 1. The van der Waals surface area contributed by atoms with Crippen LogP contribution < -0.4 is 4.74 Å². The molecule has 0 unspecified atom stereocenters. The van der Waals surface area contributed by atoms with Crippen LogP contribution in [0.1, 0.15) is 12.8 Å². The lowest BCUT2D eigenvalue weighted by Crippen LogP contribution is -2.42. The Bertz CT molecular complexity index is 423. The number of aliphatic hydroxyl groups is 1. The monoisotopic (exact) mass is 279 g/mol. The van der Waals surface area contributed by atoms with Gasteiger partial charge in [0.15, 0.2) is 0 Å². The van der Waals surface area contributed by atoms with E-state index in [1.807, 2.05) is 35.2 Å². The van der Waals surface area contributed by atoms with E-state index in [-0.39, 0.29) is 18.6 Å². The highest BCUT2D eigenvalue weighted by Crippen LogP contribution is 2.18. The van der Waals surface area contributed by atoms with E-state index in [0.717, 1.165) is 25.1 Å². The van der Waals surface area contributed by atoms with E-state index < -0.39 is 6.10 Å². The smallest absolute Gasteiger partial charge is 0.323 e. The summed E-state index contributed by atoms with van der Waals surface area (Å²) in [7, 11) is 1.40. The fourth-order valence-electron chi connectivity index (χ4n) is 2.48. The second kappa shape index (κ2) is 7.26. The zero-order valence-electron chi connectivity index (χ0n) is 11.7. The number of methoxy groups -OCH3 is 1. The molecule has 1 N–H and O–H groups in total. The van der Waals surface area contributed by atoms with Gasteiger partial charge < -0.3 is 14.6 Å². The number of benzene rings is 1. The van der Waals surface area contributed by atoms with Crippen molar-refractivity contribution >= 4 is 5.97 Å².